The zero-order chi connectivity index (χ0) is 9.14. The Kier molecular flexibility index (Phi) is 4.08. The lowest BCUT2D eigenvalue weighted by Gasteiger charge is -2.15. The molecule has 12 heavy (non-hydrogen) atoms. The minimum Gasteiger partial charge on any atom is -0.146 e. The molecule has 1 heterocycles. The van der Waals surface area contributed by atoms with Gasteiger partial charge in [0.15, 0.2) is 0 Å². The van der Waals surface area contributed by atoms with E-state index < -0.39 is 0 Å². The number of alkyl halides is 1. The molecule has 0 aromatic carbocycles. The first-order valence-corrected chi connectivity index (χ1v) is 6.21. The van der Waals surface area contributed by atoms with E-state index in [9.17, 15) is 0 Å². The molecule has 0 aliphatic carbocycles. The largest absolute Gasteiger partial charge is 0.146 e. The summed E-state index contributed by atoms with van der Waals surface area (Å²) in [4.78, 5) is 1.67. The third-order valence-electron chi connectivity index (χ3n) is 2.04. The van der Waals surface area contributed by atoms with Gasteiger partial charge >= 0.3 is 0 Å². The highest BCUT2D eigenvalue weighted by Gasteiger charge is 2.17. The van der Waals surface area contributed by atoms with Crippen molar-refractivity contribution in [1.82, 2.24) is 0 Å². The first-order chi connectivity index (χ1) is 5.66. The SMILES string of the molecule is CCC(C)C(Br)c1sccc1Cl. The molecular formula is C9H12BrClS. The summed E-state index contributed by atoms with van der Waals surface area (Å²) in [5.74, 6) is 0.640. The van der Waals surface area contributed by atoms with Crippen LogP contribution in [0.4, 0.5) is 0 Å². The maximum absolute atomic E-state index is 6.02. The molecule has 1 aromatic heterocycles. The maximum Gasteiger partial charge on any atom is 0.0556 e. The van der Waals surface area contributed by atoms with Gasteiger partial charge in [-0.15, -0.1) is 11.3 Å². The van der Waals surface area contributed by atoms with Crippen LogP contribution in [0, 0.1) is 5.92 Å². The molecule has 1 aromatic rings. The Balaban J connectivity index is 2.77. The smallest absolute Gasteiger partial charge is 0.0556 e. The van der Waals surface area contributed by atoms with Crippen LogP contribution in [0.2, 0.25) is 5.02 Å². The number of halogens is 2. The molecule has 0 aliphatic heterocycles. The summed E-state index contributed by atoms with van der Waals surface area (Å²) in [5.41, 5.74) is 0. The van der Waals surface area contributed by atoms with E-state index in [1.54, 1.807) is 11.3 Å². The second kappa shape index (κ2) is 4.64. The van der Waals surface area contributed by atoms with Gasteiger partial charge in [0.05, 0.1) is 9.85 Å². The van der Waals surface area contributed by atoms with Crippen LogP contribution in [0.15, 0.2) is 11.4 Å². The summed E-state index contributed by atoms with van der Waals surface area (Å²) in [6.45, 7) is 4.43. The van der Waals surface area contributed by atoms with Gasteiger partial charge in [-0.1, -0.05) is 47.8 Å². The van der Waals surface area contributed by atoms with E-state index in [0.29, 0.717) is 10.7 Å². The highest BCUT2D eigenvalue weighted by Crippen LogP contribution is 2.39. The molecule has 68 valence electrons. The van der Waals surface area contributed by atoms with E-state index >= 15 is 0 Å². The fourth-order valence-corrected chi connectivity index (χ4v) is 3.33. The third-order valence-corrected chi connectivity index (χ3v) is 5.14. The van der Waals surface area contributed by atoms with Gasteiger partial charge < -0.3 is 0 Å². The Hall–Kier alpha value is 0.470. The Labute approximate surface area is 91.1 Å². The molecule has 3 heteroatoms. The zero-order valence-corrected chi connectivity index (χ0v) is 10.3. The molecule has 0 aliphatic rings. The monoisotopic (exact) mass is 266 g/mol. The lowest BCUT2D eigenvalue weighted by Crippen LogP contribution is -2.00. The molecule has 0 saturated carbocycles. The van der Waals surface area contributed by atoms with Gasteiger partial charge in [-0.05, 0) is 17.4 Å². The first-order valence-electron chi connectivity index (χ1n) is 4.03. The fraction of sp³-hybridized carbons (Fsp3) is 0.556. The molecule has 1 rings (SSSR count). The van der Waals surface area contributed by atoms with Crippen molar-refractivity contribution >= 4 is 38.9 Å². The van der Waals surface area contributed by atoms with Crippen LogP contribution >= 0.6 is 38.9 Å². The highest BCUT2D eigenvalue weighted by atomic mass is 79.9. The molecule has 0 N–H and O–H groups in total. The van der Waals surface area contributed by atoms with Crippen molar-refractivity contribution in [3.05, 3.63) is 21.3 Å². The number of rotatable bonds is 3. The Morgan fingerprint density at radius 2 is 2.33 bits per heavy atom. The van der Waals surface area contributed by atoms with E-state index in [4.69, 9.17) is 11.6 Å². The normalized spacial score (nSPS) is 16.0. The standard InChI is InChI=1S/C9H12BrClS/c1-3-6(2)8(10)9-7(11)4-5-12-9/h4-6,8H,3H2,1-2H3. The Bertz CT molecular complexity index is 246. The van der Waals surface area contributed by atoms with Crippen LogP contribution in [0.5, 0.6) is 0 Å². The number of hydrogen-bond acceptors (Lipinski definition) is 1. The Morgan fingerprint density at radius 3 is 2.75 bits per heavy atom. The highest BCUT2D eigenvalue weighted by molar-refractivity contribution is 9.09. The molecule has 0 radical (unpaired) electrons. The molecular weight excluding hydrogens is 256 g/mol. The predicted octanol–water partition coefficient (Wildman–Crippen LogP) is 4.88. The van der Waals surface area contributed by atoms with Gasteiger partial charge in [0.2, 0.25) is 0 Å². The summed E-state index contributed by atoms with van der Waals surface area (Å²) in [7, 11) is 0. The lowest BCUT2D eigenvalue weighted by atomic mass is 10.0. The van der Waals surface area contributed by atoms with E-state index in [0.717, 1.165) is 5.02 Å². The third kappa shape index (κ3) is 2.24. The maximum atomic E-state index is 6.02. The van der Waals surface area contributed by atoms with Crippen molar-refractivity contribution in [3.63, 3.8) is 0 Å². The van der Waals surface area contributed by atoms with Gasteiger partial charge in [0.25, 0.3) is 0 Å². The van der Waals surface area contributed by atoms with E-state index in [-0.39, 0.29) is 0 Å². The summed E-state index contributed by atoms with van der Waals surface area (Å²) in [5, 5.41) is 2.93. The Morgan fingerprint density at radius 1 is 1.67 bits per heavy atom. The first kappa shape index (κ1) is 10.6. The molecule has 2 atom stereocenters. The minimum atomic E-state index is 0.412. The summed E-state index contributed by atoms with van der Waals surface area (Å²) in [6, 6.07) is 1.96. The van der Waals surface area contributed by atoms with Gasteiger partial charge in [0, 0.05) is 4.88 Å². The second-order valence-corrected chi connectivity index (χ2v) is 5.26. The van der Waals surface area contributed by atoms with Crippen molar-refractivity contribution < 1.29 is 0 Å². The van der Waals surface area contributed by atoms with Crippen molar-refractivity contribution in [2.45, 2.75) is 25.1 Å². The molecule has 0 amide bonds. The van der Waals surface area contributed by atoms with Crippen molar-refractivity contribution in [2.75, 3.05) is 0 Å². The van der Waals surface area contributed by atoms with Gasteiger partial charge in [-0.3, -0.25) is 0 Å². The van der Waals surface area contributed by atoms with Crippen LogP contribution in [0.1, 0.15) is 30.0 Å². The summed E-state index contributed by atoms with van der Waals surface area (Å²) < 4.78 is 0. The van der Waals surface area contributed by atoms with Gasteiger partial charge in [-0.2, -0.15) is 0 Å². The topological polar surface area (TPSA) is 0 Å². The fourth-order valence-electron chi connectivity index (χ4n) is 0.968. The van der Waals surface area contributed by atoms with Crippen LogP contribution in [-0.4, -0.2) is 0 Å². The van der Waals surface area contributed by atoms with Crippen LogP contribution < -0.4 is 0 Å². The van der Waals surface area contributed by atoms with E-state index in [1.807, 2.05) is 11.4 Å². The molecule has 0 nitrogen and oxygen atoms in total. The average Bonchev–Trinajstić information content (AvgIpc) is 2.48. The zero-order valence-electron chi connectivity index (χ0n) is 7.18. The summed E-state index contributed by atoms with van der Waals surface area (Å²) >= 11 is 11.4. The molecule has 0 bridgehead atoms. The van der Waals surface area contributed by atoms with Crippen molar-refractivity contribution in [2.24, 2.45) is 5.92 Å². The number of hydrogen-bond donors (Lipinski definition) is 0. The minimum absolute atomic E-state index is 0.412. The second-order valence-electron chi connectivity index (χ2n) is 2.92. The molecule has 2 unspecified atom stereocenters. The molecule has 0 spiro atoms. The lowest BCUT2D eigenvalue weighted by molar-refractivity contribution is 0.560. The van der Waals surface area contributed by atoms with Crippen molar-refractivity contribution in [3.8, 4) is 0 Å². The van der Waals surface area contributed by atoms with E-state index in [2.05, 4.69) is 29.8 Å². The van der Waals surface area contributed by atoms with Gasteiger partial charge in [0.1, 0.15) is 0 Å². The van der Waals surface area contributed by atoms with Crippen molar-refractivity contribution in [1.29, 1.82) is 0 Å². The summed E-state index contributed by atoms with van der Waals surface area (Å²) in [6.07, 6.45) is 1.17. The van der Waals surface area contributed by atoms with E-state index in [1.165, 1.54) is 11.3 Å². The quantitative estimate of drug-likeness (QED) is 0.685. The number of thiophene rings is 1. The van der Waals surface area contributed by atoms with Crippen LogP contribution in [-0.2, 0) is 0 Å². The van der Waals surface area contributed by atoms with Crippen LogP contribution in [0.3, 0.4) is 0 Å². The molecule has 0 fully saturated rings. The molecule has 0 saturated heterocycles. The average molecular weight is 268 g/mol. The predicted molar refractivity (Wildman–Crippen MR) is 60.5 cm³/mol. The van der Waals surface area contributed by atoms with Gasteiger partial charge in [-0.25, -0.2) is 0 Å². The van der Waals surface area contributed by atoms with Crippen LogP contribution in [0.25, 0.3) is 0 Å².